The maximum absolute atomic E-state index is 15.3. The third-order valence-corrected chi connectivity index (χ3v) is 6.49. The lowest BCUT2D eigenvalue weighted by atomic mass is 10.0. The molecule has 32 heavy (non-hydrogen) atoms. The van der Waals surface area contributed by atoms with Crippen LogP contribution >= 0.6 is 7.60 Å². The number of esters is 1. The van der Waals surface area contributed by atoms with Gasteiger partial charge in [-0.05, 0) is 40.2 Å². The van der Waals surface area contributed by atoms with Crippen LogP contribution in [0.2, 0.25) is 0 Å². The fourth-order valence-corrected chi connectivity index (χ4v) is 4.39. The fourth-order valence-electron chi connectivity index (χ4n) is 2.64. The number of carbonyl (C=O) groups is 2. The number of hydrogen-bond donors (Lipinski definition) is 1. The molecule has 0 aromatic heterocycles. The van der Waals surface area contributed by atoms with Crippen molar-refractivity contribution < 1.29 is 41.5 Å². The third-order valence-electron chi connectivity index (χ3n) is 4.16. The van der Waals surface area contributed by atoms with Gasteiger partial charge in [-0.25, -0.2) is 9.59 Å². The molecule has 0 radical (unpaired) electrons. The molecule has 0 saturated carbocycles. The van der Waals surface area contributed by atoms with Gasteiger partial charge in [0.25, 0.3) is 0 Å². The van der Waals surface area contributed by atoms with Crippen molar-refractivity contribution in [1.29, 1.82) is 0 Å². The Hall–Kier alpha value is -2.03. The highest BCUT2D eigenvalue weighted by Crippen LogP contribution is 2.65. The lowest BCUT2D eigenvalue weighted by molar-refractivity contribution is -0.152. The first-order valence-electron chi connectivity index (χ1n) is 10.2. The van der Waals surface area contributed by atoms with Gasteiger partial charge in [-0.3, -0.25) is 4.57 Å². The predicted molar refractivity (Wildman–Crippen MR) is 114 cm³/mol. The smallest absolute Gasteiger partial charge is 0.408 e. The van der Waals surface area contributed by atoms with E-state index in [2.05, 4.69) is 5.32 Å². The molecule has 8 nitrogen and oxygen atoms in total. The Morgan fingerprint density at radius 3 is 2.06 bits per heavy atom. The van der Waals surface area contributed by atoms with Crippen LogP contribution in [0.3, 0.4) is 0 Å². The topological polar surface area (TPSA) is 100 Å². The zero-order valence-electron chi connectivity index (χ0n) is 19.2. The van der Waals surface area contributed by atoms with Crippen LogP contribution in [-0.4, -0.2) is 42.6 Å². The van der Waals surface area contributed by atoms with Gasteiger partial charge in [0.05, 0.1) is 19.1 Å². The van der Waals surface area contributed by atoms with Gasteiger partial charge in [-0.15, -0.1) is 0 Å². The first-order chi connectivity index (χ1) is 14.8. The van der Waals surface area contributed by atoms with Crippen molar-refractivity contribution in [3.05, 3.63) is 35.9 Å². The van der Waals surface area contributed by atoms with E-state index in [4.69, 9.17) is 18.5 Å². The highest BCUT2D eigenvalue weighted by Gasteiger charge is 2.60. The SMILES string of the molecule is CCOP(=O)(OCC)C(F)(F)[C@@H](C)[C@@H](NC(=O)OC(C)(C)C)C(=O)OCc1ccccc1. The molecular formula is C21H32F2NO7P. The summed E-state index contributed by atoms with van der Waals surface area (Å²) in [6, 6.07) is 6.67. The molecule has 0 fully saturated rings. The van der Waals surface area contributed by atoms with E-state index in [1.807, 2.05) is 0 Å². The van der Waals surface area contributed by atoms with Crippen LogP contribution in [0.1, 0.15) is 47.1 Å². The van der Waals surface area contributed by atoms with Crippen LogP contribution in [0.5, 0.6) is 0 Å². The van der Waals surface area contributed by atoms with Crippen LogP contribution in [0.15, 0.2) is 30.3 Å². The molecule has 1 rings (SSSR count). The minimum atomic E-state index is -4.97. The molecule has 1 amide bonds. The average Bonchev–Trinajstić information content (AvgIpc) is 2.69. The molecule has 0 unspecified atom stereocenters. The molecule has 0 heterocycles. The summed E-state index contributed by atoms with van der Waals surface area (Å²) in [7, 11) is -4.97. The van der Waals surface area contributed by atoms with E-state index in [-0.39, 0.29) is 19.8 Å². The summed E-state index contributed by atoms with van der Waals surface area (Å²) in [5, 5.41) is 2.12. The monoisotopic (exact) mass is 479 g/mol. The molecule has 0 saturated heterocycles. The molecule has 0 aliphatic carbocycles. The van der Waals surface area contributed by atoms with Gasteiger partial charge in [0.1, 0.15) is 18.2 Å². The van der Waals surface area contributed by atoms with E-state index < -0.39 is 42.9 Å². The zero-order valence-corrected chi connectivity index (χ0v) is 20.1. The summed E-state index contributed by atoms with van der Waals surface area (Å²) in [6.07, 6.45) is -1.11. The molecule has 1 aromatic rings. The molecule has 182 valence electrons. The first kappa shape index (κ1) is 28.0. The Balaban J connectivity index is 3.19. The maximum atomic E-state index is 15.3. The summed E-state index contributed by atoms with van der Waals surface area (Å²) in [5.74, 6) is -3.16. The lowest BCUT2D eigenvalue weighted by Crippen LogP contribution is -2.52. The Labute approximate surface area is 187 Å². The summed E-state index contributed by atoms with van der Waals surface area (Å²) >= 11 is 0. The Bertz CT molecular complexity index is 789. The van der Waals surface area contributed by atoms with Crippen molar-refractivity contribution in [2.45, 2.75) is 65.5 Å². The number of amides is 1. The van der Waals surface area contributed by atoms with E-state index in [9.17, 15) is 14.2 Å². The summed E-state index contributed by atoms with van der Waals surface area (Å²) in [4.78, 5) is 25.0. The van der Waals surface area contributed by atoms with Crippen molar-refractivity contribution in [2.75, 3.05) is 13.2 Å². The Morgan fingerprint density at radius 2 is 1.59 bits per heavy atom. The summed E-state index contributed by atoms with van der Waals surface area (Å²) < 4.78 is 63.2. The number of hydrogen-bond acceptors (Lipinski definition) is 7. The largest absolute Gasteiger partial charge is 0.459 e. The number of alkyl carbamates (subject to hydrolysis) is 1. The average molecular weight is 479 g/mol. The van der Waals surface area contributed by atoms with Gasteiger partial charge in [0.15, 0.2) is 0 Å². The second-order valence-corrected chi connectivity index (χ2v) is 10.0. The van der Waals surface area contributed by atoms with Crippen molar-refractivity contribution >= 4 is 19.7 Å². The molecular weight excluding hydrogens is 447 g/mol. The van der Waals surface area contributed by atoms with E-state index >= 15 is 8.78 Å². The lowest BCUT2D eigenvalue weighted by Gasteiger charge is -2.34. The van der Waals surface area contributed by atoms with Gasteiger partial charge < -0.3 is 23.8 Å². The fraction of sp³-hybridized carbons (Fsp3) is 0.619. The van der Waals surface area contributed by atoms with Crippen molar-refractivity contribution in [3.8, 4) is 0 Å². The van der Waals surface area contributed by atoms with Gasteiger partial charge in [0.2, 0.25) is 0 Å². The third kappa shape index (κ3) is 7.83. The molecule has 0 bridgehead atoms. The number of halogens is 2. The van der Waals surface area contributed by atoms with E-state index in [1.54, 1.807) is 51.1 Å². The second kappa shape index (κ2) is 11.7. The highest BCUT2D eigenvalue weighted by atomic mass is 31.2. The number of nitrogens with one attached hydrogen (secondary N) is 1. The summed E-state index contributed by atoms with van der Waals surface area (Å²) in [5.41, 5.74) is -4.45. The normalized spacial score (nSPS) is 14.4. The molecule has 11 heteroatoms. The highest BCUT2D eigenvalue weighted by molar-refractivity contribution is 7.55. The van der Waals surface area contributed by atoms with Crippen LogP contribution in [0.25, 0.3) is 0 Å². The van der Waals surface area contributed by atoms with Gasteiger partial charge in [-0.1, -0.05) is 37.3 Å². The van der Waals surface area contributed by atoms with Crippen LogP contribution in [0, 0.1) is 5.92 Å². The van der Waals surface area contributed by atoms with Gasteiger partial charge >= 0.3 is 25.3 Å². The predicted octanol–water partition coefficient (Wildman–Crippen LogP) is 5.12. The Morgan fingerprint density at radius 1 is 1.06 bits per heavy atom. The standard InChI is InChI=1S/C21H32F2NO7P/c1-7-29-32(27,30-8-2)21(22,23)15(3)17(24-19(26)31-20(4,5)6)18(25)28-14-16-12-10-9-11-13-16/h9-13,15,17H,7-8,14H2,1-6H3,(H,24,26)/t15-,17+/m0/s1. The number of rotatable bonds is 11. The quantitative estimate of drug-likeness (QED) is 0.347. The minimum Gasteiger partial charge on any atom is -0.459 e. The van der Waals surface area contributed by atoms with Gasteiger partial charge in [-0.2, -0.15) is 8.78 Å². The minimum absolute atomic E-state index is 0.209. The number of alkyl halides is 2. The number of carbonyl (C=O) groups excluding carboxylic acids is 2. The van der Waals surface area contributed by atoms with Crippen LogP contribution < -0.4 is 5.32 Å². The van der Waals surface area contributed by atoms with Crippen LogP contribution in [0.4, 0.5) is 13.6 Å². The van der Waals surface area contributed by atoms with E-state index in [0.29, 0.717) is 5.56 Å². The second-order valence-electron chi connectivity index (χ2n) is 7.93. The molecule has 2 atom stereocenters. The molecule has 0 aliphatic rings. The maximum Gasteiger partial charge on any atom is 0.408 e. The molecule has 1 aromatic carbocycles. The first-order valence-corrected chi connectivity index (χ1v) is 11.8. The number of benzene rings is 1. The summed E-state index contributed by atoms with van der Waals surface area (Å²) in [6.45, 7) is 7.64. The zero-order chi connectivity index (χ0) is 24.6. The van der Waals surface area contributed by atoms with Gasteiger partial charge in [0, 0.05) is 0 Å². The van der Waals surface area contributed by atoms with Crippen molar-refractivity contribution in [1.82, 2.24) is 5.32 Å². The molecule has 0 spiro atoms. The van der Waals surface area contributed by atoms with Crippen molar-refractivity contribution in [3.63, 3.8) is 0 Å². The molecule has 1 N–H and O–H groups in total. The molecule has 0 aliphatic heterocycles. The van der Waals surface area contributed by atoms with Crippen LogP contribution in [-0.2, 0) is 34.5 Å². The van der Waals surface area contributed by atoms with E-state index in [1.165, 1.54) is 13.8 Å². The number of ether oxygens (including phenoxy) is 2. The van der Waals surface area contributed by atoms with E-state index in [0.717, 1.165) is 6.92 Å². The van der Waals surface area contributed by atoms with Crippen molar-refractivity contribution in [2.24, 2.45) is 5.92 Å². The Kier molecular flexibility index (Phi) is 10.3.